The molecule has 1 aliphatic rings. The van der Waals surface area contributed by atoms with E-state index in [1.165, 1.54) is 0 Å². The lowest BCUT2D eigenvalue weighted by Gasteiger charge is -2.32. The van der Waals surface area contributed by atoms with E-state index in [9.17, 15) is 9.59 Å². The summed E-state index contributed by atoms with van der Waals surface area (Å²) in [6, 6.07) is 22.1. The van der Waals surface area contributed by atoms with Crippen LogP contribution in [-0.4, -0.2) is 35.9 Å². The van der Waals surface area contributed by atoms with Crippen LogP contribution in [0.2, 0.25) is 10.0 Å². The number of hydrogen-bond donors (Lipinski definition) is 1. The number of ether oxygens (including phenoxy) is 1. The second-order valence-corrected chi connectivity index (χ2v) is 10.3. The molecule has 194 valence electrons. The van der Waals surface area contributed by atoms with E-state index in [0.29, 0.717) is 22.2 Å². The number of nitrogens with zero attached hydrogens (tertiary/aromatic N) is 1. The average molecular weight is 540 g/mol. The molecule has 1 atom stereocenters. The van der Waals surface area contributed by atoms with E-state index in [1.54, 1.807) is 30.2 Å². The van der Waals surface area contributed by atoms with Crippen molar-refractivity contribution in [3.05, 3.63) is 99.5 Å². The Bertz CT molecular complexity index is 1210. The number of carbonyl (C=O) groups is 2. The topological polar surface area (TPSA) is 58.6 Å². The van der Waals surface area contributed by atoms with Crippen molar-refractivity contribution in [1.82, 2.24) is 10.2 Å². The van der Waals surface area contributed by atoms with Crippen molar-refractivity contribution < 1.29 is 14.3 Å². The molecule has 1 aliphatic carbocycles. The summed E-state index contributed by atoms with van der Waals surface area (Å²) in [6.45, 7) is 0.271. The van der Waals surface area contributed by atoms with E-state index in [0.717, 1.165) is 42.4 Å². The lowest BCUT2D eigenvalue weighted by molar-refractivity contribution is -0.141. The zero-order valence-electron chi connectivity index (χ0n) is 21.0. The van der Waals surface area contributed by atoms with Crippen LogP contribution >= 0.6 is 23.2 Å². The van der Waals surface area contributed by atoms with Crippen LogP contribution < -0.4 is 10.1 Å². The van der Waals surface area contributed by atoms with Gasteiger partial charge in [0.1, 0.15) is 11.8 Å². The predicted molar refractivity (Wildman–Crippen MR) is 148 cm³/mol. The Morgan fingerprint density at radius 1 is 0.919 bits per heavy atom. The molecule has 1 fully saturated rings. The number of amides is 2. The molecule has 3 aromatic carbocycles. The fourth-order valence-corrected chi connectivity index (χ4v) is 5.14. The molecule has 2 amide bonds. The smallest absolute Gasteiger partial charge is 0.243 e. The monoisotopic (exact) mass is 538 g/mol. The van der Waals surface area contributed by atoms with Gasteiger partial charge in [-0.2, -0.15) is 0 Å². The van der Waals surface area contributed by atoms with E-state index in [1.807, 2.05) is 54.6 Å². The predicted octanol–water partition coefficient (Wildman–Crippen LogP) is 6.24. The Morgan fingerprint density at radius 2 is 1.65 bits per heavy atom. The lowest BCUT2D eigenvalue weighted by atomic mass is 10.0. The zero-order valence-corrected chi connectivity index (χ0v) is 22.5. The molecular formula is C30H32Cl2N2O3. The summed E-state index contributed by atoms with van der Waals surface area (Å²) in [5, 5.41) is 4.06. The highest BCUT2D eigenvalue weighted by Gasteiger charge is 2.32. The highest BCUT2D eigenvalue weighted by molar-refractivity contribution is 6.42. The molecule has 5 nitrogen and oxygen atoms in total. The van der Waals surface area contributed by atoms with Crippen LogP contribution in [-0.2, 0) is 29.0 Å². The van der Waals surface area contributed by atoms with Crippen LogP contribution in [0.4, 0.5) is 0 Å². The summed E-state index contributed by atoms with van der Waals surface area (Å²) in [5.41, 5.74) is 2.62. The van der Waals surface area contributed by atoms with Crippen LogP contribution in [0.1, 0.15) is 42.4 Å². The SMILES string of the molecule is COc1cccc(CN(C(=O)Cc2ccc(Cl)c(Cl)c2)[C@@H](Cc2ccccc2)C(=O)NC2CCCC2)c1. The van der Waals surface area contributed by atoms with Crippen molar-refractivity contribution in [2.75, 3.05) is 7.11 Å². The Balaban J connectivity index is 1.67. The van der Waals surface area contributed by atoms with Gasteiger partial charge in [-0.1, -0.05) is 84.6 Å². The minimum Gasteiger partial charge on any atom is -0.497 e. The molecule has 0 saturated heterocycles. The van der Waals surface area contributed by atoms with Gasteiger partial charge in [-0.05, 0) is 53.8 Å². The van der Waals surface area contributed by atoms with E-state index in [2.05, 4.69) is 5.32 Å². The van der Waals surface area contributed by atoms with Crippen molar-refractivity contribution in [2.45, 2.75) is 57.2 Å². The van der Waals surface area contributed by atoms with E-state index in [4.69, 9.17) is 27.9 Å². The standard InChI is InChI=1S/C30H32Cl2N2O3/c1-37-25-13-7-10-23(16-25)20-34(29(35)19-22-14-15-26(31)27(32)17-22)28(18-21-8-3-2-4-9-21)30(36)33-24-11-5-6-12-24/h2-4,7-10,13-17,24,28H,5-6,11-12,18-20H2,1H3,(H,33,36)/t28-/m0/s1. The summed E-state index contributed by atoms with van der Waals surface area (Å²) in [6.07, 6.45) is 4.67. The largest absolute Gasteiger partial charge is 0.497 e. The molecule has 0 heterocycles. The van der Waals surface area contributed by atoms with Gasteiger partial charge < -0.3 is 15.0 Å². The molecule has 37 heavy (non-hydrogen) atoms. The maximum absolute atomic E-state index is 13.9. The fourth-order valence-electron chi connectivity index (χ4n) is 4.81. The summed E-state index contributed by atoms with van der Waals surface area (Å²) in [5.74, 6) is 0.411. The lowest BCUT2D eigenvalue weighted by Crippen LogP contribution is -2.52. The highest BCUT2D eigenvalue weighted by atomic mass is 35.5. The maximum Gasteiger partial charge on any atom is 0.243 e. The molecule has 0 unspecified atom stereocenters. The average Bonchev–Trinajstić information content (AvgIpc) is 3.42. The number of carbonyl (C=O) groups excluding carboxylic acids is 2. The van der Waals surface area contributed by atoms with E-state index >= 15 is 0 Å². The third-order valence-electron chi connectivity index (χ3n) is 6.80. The maximum atomic E-state index is 13.9. The number of rotatable bonds is 10. The first kappa shape index (κ1) is 27.0. The van der Waals surface area contributed by atoms with Crippen molar-refractivity contribution in [2.24, 2.45) is 0 Å². The third-order valence-corrected chi connectivity index (χ3v) is 7.54. The van der Waals surface area contributed by atoms with Gasteiger partial charge in [-0.3, -0.25) is 9.59 Å². The van der Waals surface area contributed by atoms with E-state index < -0.39 is 6.04 Å². The number of benzene rings is 3. The van der Waals surface area contributed by atoms with Crippen LogP contribution in [0.15, 0.2) is 72.8 Å². The molecular weight excluding hydrogens is 507 g/mol. The minimum absolute atomic E-state index is 0.100. The zero-order chi connectivity index (χ0) is 26.2. The van der Waals surface area contributed by atoms with Gasteiger partial charge in [0, 0.05) is 19.0 Å². The van der Waals surface area contributed by atoms with Crippen molar-refractivity contribution in [1.29, 1.82) is 0 Å². The fraction of sp³-hybridized carbons (Fsp3) is 0.333. The van der Waals surface area contributed by atoms with Crippen molar-refractivity contribution in [3.63, 3.8) is 0 Å². The second kappa shape index (κ2) is 13.0. The Morgan fingerprint density at radius 3 is 2.35 bits per heavy atom. The van der Waals surface area contributed by atoms with Crippen LogP contribution in [0.3, 0.4) is 0 Å². The van der Waals surface area contributed by atoms with Gasteiger partial charge in [-0.25, -0.2) is 0 Å². The van der Waals surface area contributed by atoms with Gasteiger partial charge in [-0.15, -0.1) is 0 Å². The molecule has 4 rings (SSSR count). The Kier molecular flexibility index (Phi) is 9.48. The van der Waals surface area contributed by atoms with Crippen molar-refractivity contribution >= 4 is 35.0 Å². The normalized spacial score (nSPS) is 14.2. The molecule has 0 aliphatic heterocycles. The van der Waals surface area contributed by atoms with E-state index in [-0.39, 0.29) is 30.8 Å². The molecule has 1 N–H and O–H groups in total. The first-order valence-corrected chi connectivity index (χ1v) is 13.4. The number of methoxy groups -OCH3 is 1. The second-order valence-electron chi connectivity index (χ2n) is 9.49. The summed E-state index contributed by atoms with van der Waals surface area (Å²) < 4.78 is 5.40. The minimum atomic E-state index is -0.676. The van der Waals surface area contributed by atoms with Gasteiger partial charge in [0.25, 0.3) is 0 Å². The molecule has 0 aromatic heterocycles. The molecule has 3 aromatic rings. The number of hydrogen-bond acceptors (Lipinski definition) is 3. The molecule has 7 heteroatoms. The highest BCUT2D eigenvalue weighted by Crippen LogP contribution is 2.25. The summed E-state index contributed by atoms with van der Waals surface area (Å²) in [7, 11) is 1.61. The first-order valence-electron chi connectivity index (χ1n) is 12.6. The molecule has 0 spiro atoms. The third kappa shape index (κ3) is 7.50. The van der Waals surface area contributed by atoms with Crippen LogP contribution in [0.25, 0.3) is 0 Å². The summed E-state index contributed by atoms with van der Waals surface area (Å²) >= 11 is 12.3. The van der Waals surface area contributed by atoms with Crippen molar-refractivity contribution in [3.8, 4) is 5.75 Å². The number of halogens is 2. The van der Waals surface area contributed by atoms with Gasteiger partial charge in [0.2, 0.25) is 11.8 Å². The van der Waals surface area contributed by atoms with Gasteiger partial charge >= 0.3 is 0 Å². The van der Waals surface area contributed by atoms with Gasteiger partial charge in [0.05, 0.1) is 23.6 Å². The number of nitrogens with one attached hydrogen (secondary N) is 1. The first-order chi connectivity index (χ1) is 17.9. The molecule has 0 bridgehead atoms. The molecule has 1 saturated carbocycles. The molecule has 0 radical (unpaired) electrons. The summed E-state index contributed by atoms with van der Waals surface area (Å²) in [4.78, 5) is 29.3. The van der Waals surface area contributed by atoms with Gasteiger partial charge in [0.15, 0.2) is 0 Å². The van der Waals surface area contributed by atoms with Crippen LogP contribution in [0, 0.1) is 0 Å². The Labute approximate surface area is 228 Å². The van der Waals surface area contributed by atoms with Crippen LogP contribution in [0.5, 0.6) is 5.75 Å². The Hall–Kier alpha value is -3.02. The quantitative estimate of drug-likeness (QED) is 0.332.